The lowest BCUT2D eigenvalue weighted by Crippen LogP contribution is -2.46. The van der Waals surface area contributed by atoms with Crippen LogP contribution in [0.1, 0.15) is 5.56 Å². The minimum absolute atomic E-state index is 0.366. The zero-order chi connectivity index (χ0) is 13.8. The fourth-order valence-corrected chi connectivity index (χ4v) is 2.60. The van der Waals surface area contributed by atoms with Crippen LogP contribution in [0.2, 0.25) is 0 Å². The summed E-state index contributed by atoms with van der Waals surface area (Å²) in [6.45, 7) is 1.60. The van der Waals surface area contributed by atoms with Crippen molar-refractivity contribution in [2.24, 2.45) is 0 Å². The Balaban J connectivity index is 2.18. The number of hydrogen-bond donors (Lipinski definition) is 0. The first kappa shape index (κ1) is 13.8. The molecule has 1 aromatic carbocycles. The van der Waals surface area contributed by atoms with Gasteiger partial charge < -0.3 is 14.4 Å². The average Bonchev–Trinajstić information content (AvgIpc) is 2.46. The third-order valence-electron chi connectivity index (χ3n) is 2.95. The quantitative estimate of drug-likeness (QED) is 0.775. The first-order valence-corrected chi connectivity index (χ1v) is 6.59. The number of methoxy groups -OCH3 is 1. The van der Waals surface area contributed by atoms with Gasteiger partial charge in [-0.3, -0.25) is 0 Å². The number of halogens is 1. The maximum Gasteiger partial charge on any atom is 0.336 e. The number of benzene rings is 1. The van der Waals surface area contributed by atoms with Crippen molar-refractivity contribution >= 4 is 27.6 Å². The minimum atomic E-state index is -0.568. The van der Waals surface area contributed by atoms with Gasteiger partial charge in [-0.1, -0.05) is 0 Å². The Morgan fingerprint density at radius 2 is 2.42 bits per heavy atom. The van der Waals surface area contributed by atoms with E-state index in [-0.39, 0.29) is 5.97 Å². The van der Waals surface area contributed by atoms with Gasteiger partial charge in [0, 0.05) is 11.0 Å². The number of esters is 1. The highest BCUT2D eigenvalue weighted by Gasteiger charge is 2.28. The van der Waals surface area contributed by atoms with E-state index in [1.54, 1.807) is 12.1 Å². The van der Waals surface area contributed by atoms with E-state index >= 15 is 0 Å². The molecule has 1 heterocycles. The Bertz CT molecular complexity index is 527. The van der Waals surface area contributed by atoms with E-state index in [0.717, 1.165) is 10.2 Å². The summed E-state index contributed by atoms with van der Waals surface area (Å²) in [6.07, 6.45) is -0.568. The molecule has 0 bridgehead atoms. The van der Waals surface area contributed by atoms with E-state index in [1.165, 1.54) is 7.11 Å². The topological polar surface area (TPSA) is 62.6 Å². The molecule has 1 atom stereocenters. The van der Waals surface area contributed by atoms with Crippen molar-refractivity contribution in [3.63, 3.8) is 0 Å². The Kier molecular flexibility index (Phi) is 4.40. The van der Waals surface area contributed by atoms with Gasteiger partial charge in [0.2, 0.25) is 0 Å². The van der Waals surface area contributed by atoms with Crippen LogP contribution in [0.15, 0.2) is 22.7 Å². The molecule has 1 aromatic rings. The number of hydrogen-bond acceptors (Lipinski definition) is 5. The number of carbonyl (C=O) groups excluding carboxylic acids is 1. The fraction of sp³-hybridized carbons (Fsp3) is 0.385. The van der Waals surface area contributed by atoms with Gasteiger partial charge in [-0.2, -0.15) is 5.26 Å². The van der Waals surface area contributed by atoms with E-state index in [0.29, 0.717) is 25.3 Å². The molecule has 1 saturated heterocycles. The molecule has 2 rings (SSSR count). The van der Waals surface area contributed by atoms with Gasteiger partial charge in [-0.15, -0.1) is 0 Å². The largest absolute Gasteiger partial charge is 0.467 e. The van der Waals surface area contributed by atoms with Crippen LogP contribution >= 0.6 is 15.9 Å². The van der Waals surface area contributed by atoms with Crippen molar-refractivity contribution in [1.82, 2.24) is 0 Å². The maximum absolute atomic E-state index is 11.5. The van der Waals surface area contributed by atoms with Crippen molar-refractivity contribution in [3.8, 4) is 6.07 Å². The van der Waals surface area contributed by atoms with Crippen molar-refractivity contribution in [1.29, 1.82) is 5.26 Å². The summed E-state index contributed by atoms with van der Waals surface area (Å²) in [5.41, 5.74) is 1.53. The van der Waals surface area contributed by atoms with E-state index in [9.17, 15) is 4.79 Å². The Morgan fingerprint density at radius 1 is 1.63 bits per heavy atom. The molecule has 1 aliphatic heterocycles. The van der Waals surface area contributed by atoms with E-state index in [2.05, 4.69) is 22.0 Å². The Morgan fingerprint density at radius 3 is 3.05 bits per heavy atom. The molecule has 0 aliphatic carbocycles. The first-order chi connectivity index (χ1) is 9.15. The first-order valence-electron chi connectivity index (χ1n) is 5.79. The molecular weight excluding hydrogens is 312 g/mol. The monoisotopic (exact) mass is 324 g/mol. The summed E-state index contributed by atoms with van der Waals surface area (Å²) in [5.74, 6) is -0.366. The highest BCUT2D eigenvalue weighted by Crippen LogP contribution is 2.28. The summed E-state index contributed by atoms with van der Waals surface area (Å²) in [5, 5.41) is 8.84. The molecule has 0 saturated carbocycles. The van der Waals surface area contributed by atoms with Crippen LogP contribution in [-0.2, 0) is 14.3 Å². The lowest BCUT2D eigenvalue weighted by molar-refractivity contribution is -0.154. The number of nitrogens with zero attached hydrogens (tertiary/aromatic N) is 2. The lowest BCUT2D eigenvalue weighted by atomic mass is 10.2. The fourth-order valence-electron chi connectivity index (χ4n) is 1.98. The second-order valence-electron chi connectivity index (χ2n) is 4.11. The number of ether oxygens (including phenoxy) is 2. The second kappa shape index (κ2) is 6.04. The second-order valence-corrected chi connectivity index (χ2v) is 4.96. The molecule has 0 spiro atoms. The predicted molar refractivity (Wildman–Crippen MR) is 72.8 cm³/mol. The standard InChI is InChI=1S/C13H13BrN2O3/c1-18-13(17)12-8-16(4-5-19-12)11-3-2-9(7-15)6-10(11)14/h2-3,6,12H,4-5,8H2,1H3. The maximum atomic E-state index is 11.5. The zero-order valence-electron chi connectivity index (χ0n) is 10.4. The van der Waals surface area contributed by atoms with Crippen LogP contribution in [0.5, 0.6) is 0 Å². The van der Waals surface area contributed by atoms with Crippen molar-refractivity contribution in [3.05, 3.63) is 28.2 Å². The molecule has 0 aromatic heterocycles. The summed E-state index contributed by atoms with van der Waals surface area (Å²) < 4.78 is 10.9. The normalized spacial score (nSPS) is 18.8. The van der Waals surface area contributed by atoms with Gasteiger partial charge in [0.05, 0.1) is 37.6 Å². The van der Waals surface area contributed by atoms with E-state index in [4.69, 9.17) is 14.7 Å². The molecule has 0 N–H and O–H groups in total. The number of carbonyl (C=O) groups is 1. The number of anilines is 1. The molecule has 100 valence electrons. The van der Waals surface area contributed by atoms with Crippen molar-refractivity contribution in [2.75, 3.05) is 31.7 Å². The van der Waals surface area contributed by atoms with Crippen LogP contribution in [0.4, 0.5) is 5.69 Å². The molecule has 0 amide bonds. The van der Waals surface area contributed by atoms with Gasteiger partial charge in [0.15, 0.2) is 6.10 Å². The Hall–Kier alpha value is -1.58. The molecule has 1 unspecified atom stereocenters. The summed E-state index contributed by atoms with van der Waals surface area (Å²) >= 11 is 3.45. The van der Waals surface area contributed by atoms with Crippen LogP contribution in [0.25, 0.3) is 0 Å². The SMILES string of the molecule is COC(=O)C1CN(c2ccc(C#N)cc2Br)CCO1. The van der Waals surface area contributed by atoms with Crippen LogP contribution in [-0.4, -0.2) is 38.9 Å². The van der Waals surface area contributed by atoms with Crippen LogP contribution < -0.4 is 4.90 Å². The molecule has 5 nitrogen and oxygen atoms in total. The third-order valence-corrected chi connectivity index (χ3v) is 3.58. The number of rotatable bonds is 2. The lowest BCUT2D eigenvalue weighted by Gasteiger charge is -2.33. The molecule has 19 heavy (non-hydrogen) atoms. The number of morpholine rings is 1. The molecule has 1 fully saturated rings. The zero-order valence-corrected chi connectivity index (χ0v) is 12.0. The van der Waals surface area contributed by atoms with Gasteiger partial charge in [0.1, 0.15) is 0 Å². The van der Waals surface area contributed by atoms with Crippen LogP contribution in [0, 0.1) is 11.3 Å². The predicted octanol–water partition coefficient (Wildman–Crippen LogP) is 1.70. The van der Waals surface area contributed by atoms with Crippen molar-refractivity contribution in [2.45, 2.75) is 6.10 Å². The van der Waals surface area contributed by atoms with Gasteiger partial charge >= 0.3 is 5.97 Å². The molecule has 6 heteroatoms. The summed E-state index contributed by atoms with van der Waals surface area (Å²) in [7, 11) is 1.35. The van der Waals surface area contributed by atoms with E-state index in [1.807, 2.05) is 11.0 Å². The van der Waals surface area contributed by atoms with E-state index < -0.39 is 6.10 Å². The van der Waals surface area contributed by atoms with Gasteiger partial charge in [-0.25, -0.2) is 4.79 Å². The molecular formula is C13H13BrN2O3. The summed E-state index contributed by atoms with van der Waals surface area (Å²) in [4.78, 5) is 13.5. The minimum Gasteiger partial charge on any atom is -0.467 e. The number of nitriles is 1. The molecule has 1 aliphatic rings. The third kappa shape index (κ3) is 3.06. The van der Waals surface area contributed by atoms with Gasteiger partial charge in [-0.05, 0) is 34.1 Å². The summed E-state index contributed by atoms with van der Waals surface area (Å²) in [6, 6.07) is 7.46. The highest BCUT2D eigenvalue weighted by atomic mass is 79.9. The van der Waals surface area contributed by atoms with Crippen molar-refractivity contribution < 1.29 is 14.3 Å². The molecule has 0 radical (unpaired) electrons. The smallest absolute Gasteiger partial charge is 0.336 e. The van der Waals surface area contributed by atoms with Gasteiger partial charge in [0.25, 0.3) is 0 Å². The average molecular weight is 325 g/mol. The van der Waals surface area contributed by atoms with Crippen LogP contribution in [0.3, 0.4) is 0 Å². The Labute approximate surface area is 119 Å². The highest BCUT2D eigenvalue weighted by molar-refractivity contribution is 9.10.